The molecule has 0 spiro atoms. The molecule has 0 bridgehead atoms. The van der Waals surface area contributed by atoms with Gasteiger partial charge in [0.2, 0.25) is 0 Å². The first-order chi connectivity index (χ1) is 10.9. The molecule has 0 aromatic rings. The average molecular weight is 403 g/mol. The minimum atomic E-state index is -4.09. The van der Waals surface area contributed by atoms with Crippen LogP contribution in [0.2, 0.25) is 0 Å². The number of aliphatic carboxylic acids is 1. The molecule has 1 saturated heterocycles. The van der Waals surface area contributed by atoms with Gasteiger partial charge in [0.05, 0.1) is 10.8 Å². The molecule has 4 atom stereocenters. The van der Waals surface area contributed by atoms with E-state index in [4.69, 9.17) is 9.84 Å². The van der Waals surface area contributed by atoms with E-state index in [1.165, 1.54) is 18.9 Å². The standard InChI is InChI=1S/C14H21NO7S2.Na.H/c1-7-10(14(2,3)4)15-11(18)9(22-5)12(15)24(20,21)13(7)23(19)6-8(16)17;;/h9,12-13H,6H2,1-5H3,(H,16,17);;/q;+1;-1/t9-,12+,13?,23?;;/m0../s1. The van der Waals surface area contributed by atoms with Crippen molar-refractivity contribution in [3.8, 4) is 0 Å². The van der Waals surface area contributed by atoms with E-state index in [0.29, 0.717) is 5.70 Å². The fourth-order valence-corrected chi connectivity index (χ4v) is 7.96. The molecule has 0 radical (unpaired) electrons. The Morgan fingerprint density at radius 2 is 1.92 bits per heavy atom. The van der Waals surface area contributed by atoms with Gasteiger partial charge in [0.15, 0.2) is 25.9 Å². The van der Waals surface area contributed by atoms with Gasteiger partial charge in [-0.3, -0.25) is 18.7 Å². The van der Waals surface area contributed by atoms with Gasteiger partial charge in [-0.2, -0.15) is 0 Å². The summed E-state index contributed by atoms with van der Waals surface area (Å²) in [6.07, 6.45) is -1.16. The summed E-state index contributed by atoms with van der Waals surface area (Å²) >= 11 is 0. The molecular weight excluding hydrogens is 381 g/mol. The Balaban J connectivity index is 0.00000312. The number of carbonyl (C=O) groups is 2. The van der Waals surface area contributed by atoms with Crippen LogP contribution >= 0.6 is 0 Å². The maximum atomic E-state index is 12.9. The molecule has 0 aliphatic carbocycles. The van der Waals surface area contributed by atoms with Gasteiger partial charge in [-0.05, 0) is 12.5 Å². The Labute approximate surface area is 173 Å². The third-order valence-corrected chi connectivity index (χ3v) is 8.96. The molecule has 8 nitrogen and oxygen atoms in total. The monoisotopic (exact) mass is 403 g/mol. The second kappa shape index (κ2) is 7.40. The van der Waals surface area contributed by atoms with E-state index in [9.17, 15) is 22.2 Å². The number of carbonyl (C=O) groups excluding carboxylic acids is 1. The first kappa shape index (κ1) is 22.8. The number of ether oxygens (including phenoxy) is 1. The van der Waals surface area contributed by atoms with Gasteiger partial charge in [-0.25, -0.2) is 8.42 Å². The van der Waals surface area contributed by atoms with Crippen LogP contribution in [-0.2, 0) is 35.0 Å². The summed E-state index contributed by atoms with van der Waals surface area (Å²) in [6, 6.07) is 0. The number of nitrogens with zero attached hydrogens (tertiary/aromatic N) is 1. The third-order valence-electron chi connectivity index (χ3n) is 4.07. The van der Waals surface area contributed by atoms with Gasteiger partial charge in [-0.1, -0.05) is 20.8 Å². The molecule has 2 aliphatic heterocycles. The van der Waals surface area contributed by atoms with Crippen LogP contribution in [-0.4, -0.2) is 63.4 Å². The summed E-state index contributed by atoms with van der Waals surface area (Å²) in [5, 5.41) is 7.61. The number of carboxylic acids is 1. The van der Waals surface area contributed by atoms with Crippen LogP contribution in [0.5, 0.6) is 0 Å². The summed E-state index contributed by atoms with van der Waals surface area (Å²) in [5.41, 5.74) is 0.129. The van der Waals surface area contributed by atoms with E-state index < -0.39 is 59.7 Å². The van der Waals surface area contributed by atoms with Crippen molar-refractivity contribution in [3.05, 3.63) is 11.3 Å². The molecule has 0 aromatic carbocycles. The first-order valence-corrected chi connectivity index (χ1v) is 10.2. The maximum Gasteiger partial charge on any atom is 1.00 e. The molecule has 1 fully saturated rings. The Bertz CT molecular complexity index is 760. The molecule has 138 valence electrons. The zero-order chi connectivity index (χ0) is 18.6. The first-order valence-electron chi connectivity index (χ1n) is 7.24. The van der Waals surface area contributed by atoms with Gasteiger partial charge in [0, 0.05) is 18.2 Å². The smallest absolute Gasteiger partial charge is 1.00 e. The summed E-state index contributed by atoms with van der Waals surface area (Å²) in [5.74, 6) is -2.58. The number of amides is 1. The minimum Gasteiger partial charge on any atom is -1.00 e. The van der Waals surface area contributed by atoms with Gasteiger partial charge in [0.1, 0.15) is 5.75 Å². The van der Waals surface area contributed by atoms with Gasteiger partial charge >= 0.3 is 35.5 Å². The van der Waals surface area contributed by atoms with Gasteiger partial charge in [-0.15, -0.1) is 0 Å². The second-order valence-electron chi connectivity index (χ2n) is 6.88. The van der Waals surface area contributed by atoms with E-state index >= 15 is 0 Å². The quantitative estimate of drug-likeness (QED) is 0.398. The van der Waals surface area contributed by atoms with E-state index in [2.05, 4.69) is 0 Å². The molecule has 1 N–H and O–H groups in total. The number of allylic oxidation sites excluding steroid dienone is 1. The number of fused-ring (bicyclic) bond motifs is 1. The molecule has 0 saturated carbocycles. The molecular formula is C14H22NNaO7S2. The van der Waals surface area contributed by atoms with Crippen LogP contribution in [0, 0.1) is 5.41 Å². The average Bonchev–Trinajstić information content (AvgIpc) is 2.37. The van der Waals surface area contributed by atoms with Gasteiger partial charge in [0.25, 0.3) is 5.91 Å². The fourth-order valence-electron chi connectivity index (χ4n) is 3.38. The van der Waals surface area contributed by atoms with Crippen LogP contribution in [0.15, 0.2) is 11.3 Å². The largest absolute Gasteiger partial charge is 1.00 e. The van der Waals surface area contributed by atoms with Crippen molar-refractivity contribution in [2.45, 2.75) is 43.8 Å². The number of rotatable bonds is 4. The van der Waals surface area contributed by atoms with Crippen LogP contribution in [0.3, 0.4) is 0 Å². The molecule has 2 unspecified atom stereocenters. The van der Waals surface area contributed by atoms with E-state index in [-0.39, 0.29) is 36.6 Å². The number of hydrogen-bond donors (Lipinski definition) is 1. The van der Waals surface area contributed by atoms with Crippen LogP contribution in [0.25, 0.3) is 0 Å². The number of β-lactam (4-membered cyclic amide) rings is 1. The Morgan fingerprint density at radius 1 is 1.40 bits per heavy atom. The number of sulfone groups is 1. The summed E-state index contributed by atoms with van der Waals surface area (Å²) < 4.78 is 41.8. The minimum absolute atomic E-state index is 0. The summed E-state index contributed by atoms with van der Waals surface area (Å²) in [6.45, 7) is 6.93. The molecule has 11 heteroatoms. The number of carboxylic acid groups (broad SMARTS) is 1. The Kier molecular flexibility index (Phi) is 6.74. The fraction of sp³-hybridized carbons (Fsp3) is 0.714. The van der Waals surface area contributed by atoms with Crippen molar-refractivity contribution in [2.24, 2.45) is 5.41 Å². The van der Waals surface area contributed by atoms with E-state index in [1.807, 2.05) is 20.8 Å². The topological polar surface area (TPSA) is 118 Å². The van der Waals surface area contributed by atoms with E-state index in [1.54, 1.807) is 0 Å². The molecule has 25 heavy (non-hydrogen) atoms. The molecule has 2 aliphatic rings. The Morgan fingerprint density at radius 3 is 2.32 bits per heavy atom. The maximum absolute atomic E-state index is 12.9. The van der Waals surface area contributed by atoms with Gasteiger partial charge < -0.3 is 11.3 Å². The van der Waals surface area contributed by atoms with Crippen molar-refractivity contribution in [1.29, 1.82) is 0 Å². The molecule has 1 amide bonds. The SMILES string of the molecule is CO[C@H]1C(=O)N2C(C(C)(C)C)=C(C)C(S(=O)CC(=O)O)S(=O)(=O)[C@H]12.[H-].[Na+]. The van der Waals surface area contributed by atoms with Crippen LogP contribution in [0.4, 0.5) is 0 Å². The van der Waals surface area contributed by atoms with Crippen LogP contribution in [0.1, 0.15) is 29.1 Å². The van der Waals surface area contributed by atoms with Crippen molar-refractivity contribution in [3.63, 3.8) is 0 Å². The molecule has 2 rings (SSSR count). The Hall–Kier alpha value is -0.260. The molecule has 2 heterocycles. The number of methoxy groups -OCH3 is 1. The summed E-state index contributed by atoms with van der Waals surface area (Å²) in [7, 11) is -5.01. The zero-order valence-electron chi connectivity index (χ0n) is 16.1. The molecule has 0 aromatic heterocycles. The van der Waals surface area contributed by atoms with Crippen molar-refractivity contribution >= 4 is 32.5 Å². The van der Waals surface area contributed by atoms with Crippen molar-refractivity contribution in [2.75, 3.05) is 12.9 Å². The summed E-state index contributed by atoms with van der Waals surface area (Å²) in [4.78, 5) is 24.4. The number of hydrogen-bond acceptors (Lipinski definition) is 6. The van der Waals surface area contributed by atoms with E-state index in [0.717, 1.165) is 0 Å². The second-order valence-corrected chi connectivity index (χ2v) is 10.8. The third kappa shape index (κ3) is 3.61. The van der Waals surface area contributed by atoms with Crippen molar-refractivity contribution in [1.82, 2.24) is 4.90 Å². The predicted octanol–water partition coefficient (Wildman–Crippen LogP) is -2.81. The van der Waals surface area contributed by atoms with Crippen molar-refractivity contribution < 1.29 is 63.0 Å². The normalized spacial score (nSPS) is 29.4. The van der Waals surface area contributed by atoms with Crippen LogP contribution < -0.4 is 29.6 Å². The zero-order valence-corrected chi connectivity index (χ0v) is 18.7. The predicted molar refractivity (Wildman–Crippen MR) is 88.1 cm³/mol.